The normalized spacial score (nSPS) is 15.1. The summed E-state index contributed by atoms with van der Waals surface area (Å²) in [6, 6.07) is 2.82. The number of nitrogens with zero attached hydrogens (tertiary/aromatic N) is 1. The third kappa shape index (κ3) is 3.40. The Morgan fingerprint density at radius 1 is 1.40 bits per heavy atom. The molecular formula is C13H14F4N2O. The van der Waals surface area contributed by atoms with Gasteiger partial charge in [-0.2, -0.15) is 13.2 Å². The van der Waals surface area contributed by atoms with Gasteiger partial charge in [0.15, 0.2) is 0 Å². The minimum atomic E-state index is -4.75. The van der Waals surface area contributed by atoms with E-state index in [2.05, 4.69) is 5.32 Å². The van der Waals surface area contributed by atoms with Gasteiger partial charge >= 0.3 is 6.18 Å². The van der Waals surface area contributed by atoms with Gasteiger partial charge in [-0.3, -0.25) is 4.79 Å². The molecule has 1 aliphatic rings. The summed E-state index contributed by atoms with van der Waals surface area (Å²) in [5.74, 6) is -1.53. The number of likely N-dealkylation sites (N-methyl/N-ethyl adjacent to an activating group) is 1. The van der Waals surface area contributed by atoms with E-state index >= 15 is 0 Å². The van der Waals surface area contributed by atoms with Crippen molar-refractivity contribution in [3.05, 3.63) is 29.6 Å². The number of amides is 1. The van der Waals surface area contributed by atoms with Crippen molar-refractivity contribution in [2.45, 2.75) is 25.1 Å². The molecule has 1 amide bonds. The van der Waals surface area contributed by atoms with Crippen LogP contribution >= 0.6 is 0 Å². The summed E-state index contributed by atoms with van der Waals surface area (Å²) in [4.78, 5) is 13.3. The third-order valence-electron chi connectivity index (χ3n) is 3.20. The lowest BCUT2D eigenvalue weighted by molar-refractivity contribution is -0.139. The van der Waals surface area contributed by atoms with Gasteiger partial charge in [0.25, 0.3) is 0 Å². The van der Waals surface area contributed by atoms with Gasteiger partial charge in [-0.25, -0.2) is 4.39 Å². The molecule has 3 nitrogen and oxygen atoms in total. The van der Waals surface area contributed by atoms with Crippen molar-refractivity contribution in [2.75, 3.05) is 18.9 Å². The molecule has 0 heterocycles. The Morgan fingerprint density at radius 2 is 2.05 bits per heavy atom. The van der Waals surface area contributed by atoms with Crippen LogP contribution in [0, 0.1) is 5.82 Å². The quantitative estimate of drug-likeness (QED) is 0.865. The molecule has 0 atom stereocenters. The van der Waals surface area contributed by atoms with Crippen LogP contribution in [-0.4, -0.2) is 30.4 Å². The Bertz CT molecular complexity index is 512. The number of hydrogen-bond acceptors (Lipinski definition) is 2. The molecule has 110 valence electrons. The fourth-order valence-electron chi connectivity index (χ4n) is 1.82. The average Bonchev–Trinajstić information content (AvgIpc) is 3.19. The maximum Gasteiger partial charge on any atom is 0.419 e. The summed E-state index contributed by atoms with van der Waals surface area (Å²) in [7, 11) is 1.66. The van der Waals surface area contributed by atoms with Crippen molar-refractivity contribution < 1.29 is 22.4 Å². The van der Waals surface area contributed by atoms with Crippen LogP contribution in [-0.2, 0) is 11.0 Å². The van der Waals surface area contributed by atoms with E-state index < -0.39 is 17.6 Å². The molecule has 0 bridgehead atoms. The molecule has 0 radical (unpaired) electrons. The third-order valence-corrected chi connectivity index (χ3v) is 3.20. The lowest BCUT2D eigenvalue weighted by atomic mass is 10.2. The van der Waals surface area contributed by atoms with Gasteiger partial charge in [0.05, 0.1) is 12.1 Å². The van der Waals surface area contributed by atoms with Crippen molar-refractivity contribution in [3.63, 3.8) is 0 Å². The molecule has 0 spiro atoms. The van der Waals surface area contributed by atoms with E-state index in [4.69, 9.17) is 0 Å². The summed E-state index contributed by atoms with van der Waals surface area (Å²) in [5.41, 5.74) is -1.28. The van der Waals surface area contributed by atoms with Crippen LogP contribution in [0.5, 0.6) is 0 Å². The number of benzene rings is 1. The number of alkyl halides is 3. The first kappa shape index (κ1) is 14.6. The zero-order valence-electron chi connectivity index (χ0n) is 10.8. The Balaban J connectivity index is 2.01. The highest BCUT2D eigenvalue weighted by Gasteiger charge is 2.34. The van der Waals surface area contributed by atoms with Crippen molar-refractivity contribution in [3.8, 4) is 0 Å². The number of carbonyl (C=O) groups is 1. The van der Waals surface area contributed by atoms with Crippen LogP contribution < -0.4 is 5.32 Å². The second-order valence-corrected chi connectivity index (χ2v) is 4.78. The summed E-state index contributed by atoms with van der Waals surface area (Å²) in [6.07, 6.45) is -2.84. The molecule has 20 heavy (non-hydrogen) atoms. The molecule has 1 N–H and O–H groups in total. The molecule has 1 aliphatic carbocycles. The van der Waals surface area contributed by atoms with Crippen molar-refractivity contribution in [1.82, 2.24) is 4.90 Å². The van der Waals surface area contributed by atoms with E-state index in [-0.39, 0.29) is 24.2 Å². The molecule has 0 aliphatic heterocycles. The highest BCUT2D eigenvalue weighted by atomic mass is 19.4. The molecule has 0 aromatic heterocycles. The highest BCUT2D eigenvalue weighted by molar-refractivity contribution is 5.81. The molecule has 7 heteroatoms. The molecular weight excluding hydrogens is 276 g/mol. The highest BCUT2D eigenvalue weighted by Crippen LogP contribution is 2.33. The summed E-state index contributed by atoms with van der Waals surface area (Å²) < 4.78 is 50.7. The molecule has 0 unspecified atom stereocenters. The van der Waals surface area contributed by atoms with E-state index in [1.54, 1.807) is 11.9 Å². The van der Waals surface area contributed by atoms with Crippen LogP contribution in [0.3, 0.4) is 0 Å². The number of nitrogens with one attached hydrogen (secondary N) is 1. The zero-order valence-corrected chi connectivity index (χ0v) is 10.8. The maximum absolute atomic E-state index is 13.1. The predicted molar refractivity (Wildman–Crippen MR) is 65.7 cm³/mol. The van der Waals surface area contributed by atoms with E-state index in [9.17, 15) is 22.4 Å². The fraction of sp³-hybridized carbons (Fsp3) is 0.462. The van der Waals surface area contributed by atoms with Gasteiger partial charge in [-0.05, 0) is 31.0 Å². The van der Waals surface area contributed by atoms with Crippen molar-refractivity contribution in [1.29, 1.82) is 0 Å². The zero-order chi connectivity index (χ0) is 14.9. The Morgan fingerprint density at radius 3 is 2.60 bits per heavy atom. The lowest BCUT2D eigenvalue weighted by Gasteiger charge is -2.17. The van der Waals surface area contributed by atoms with Crippen LogP contribution in [0.15, 0.2) is 18.2 Å². The van der Waals surface area contributed by atoms with Gasteiger partial charge in [-0.15, -0.1) is 0 Å². The van der Waals surface area contributed by atoms with Gasteiger partial charge in [0.2, 0.25) is 5.91 Å². The summed E-state index contributed by atoms with van der Waals surface area (Å²) >= 11 is 0. The molecule has 1 saturated carbocycles. The van der Waals surface area contributed by atoms with Crippen LogP contribution in [0.25, 0.3) is 0 Å². The molecule has 2 rings (SSSR count). The monoisotopic (exact) mass is 290 g/mol. The lowest BCUT2D eigenvalue weighted by Crippen LogP contribution is -2.33. The smallest absolute Gasteiger partial charge is 0.376 e. The minimum absolute atomic E-state index is 0.0660. The SMILES string of the molecule is CN(C(=O)CNc1ccc(F)c(C(F)(F)F)c1)C1CC1. The van der Waals surface area contributed by atoms with Crippen LogP contribution in [0.4, 0.5) is 23.2 Å². The number of hydrogen-bond donors (Lipinski definition) is 1. The topological polar surface area (TPSA) is 32.3 Å². The minimum Gasteiger partial charge on any atom is -0.376 e. The largest absolute Gasteiger partial charge is 0.419 e. The predicted octanol–water partition coefficient (Wildman–Crippen LogP) is 2.88. The van der Waals surface area contributed by atoms with Crippen molar-refractivity contribution >= 4 is 11.6 Å². The van der Waals surface area contributed by atoms with Crippen LogP contribution in [0.2, 0.25) is 0 Å². The first-order valence-electron chi connectivity index (χ1n) is 6.15. The standard InChI is InChI=1S/C13H14F4N2O/c1-19(9-3-4-9)12(20)7-18-8-2-5-11(14)10(6-8)13(15,16)17/h2,5-6,9,18H,3-4,7H2,1H3. The fourth-order valence-corrected chi connectivity index (χ4v) is 1.82. The second kappa shape index (κ2) is 5.30. The van der Waals surface area contributed by atoms with Crippen LogP contribution in [0.1, 0.15) is 18.4 Å². The number of carbonyl (C=O) groups excluding carboxylic acids is 1. The van der Waals surface area contributed by atoms with Gasteiger partial charge < -0.3 is 10.2 Å². The average molecular weight is 290 g/mol. The first-order valence-corrected chi connectivity index (χ1v) is 6.15. The van der Waals surface area contributed by atoms with Gasteiger partial charge in [0, 0.05) is 18.8 Å². The molecule has 1 aromatic carbocycles. The molecule has 1 fully saturated rings. The van der Waals surface area contributed by atoms with E-state index in [0.717, 1.165) is 18.9 Å². The molecule has 1 aromatic rings. The van der Waals surface area contributed by atoms with E-state index in [0.29, 0.717) is 6.07 Å². The van der Waals surface area contributed by atoms with E-state index in [1.165, 1.54) is 6.07 Å². The van der Waals surface area contributed by atoms with Gasteiger partial charge in [-0.1, -0.05) is 0 Å². The second-order valence-electron chi connectivity index (χ2n) is 4.78. The maximum atomic E-state index is 13.1. The Hall–Kier alpha value is -1.79. The molecule has 0 saturated heterocycles. The number of rotatable bonds is 4. The van der Waals surface area contributed by atoms with Crippen molar-refractivity contribution in [2.24, 2.45) is 0 Å². The first-order chi connectivity index (χ1) is 9.29. The van der Waals surface area contributed by atoms with E-state index in [1.807, 2.05) is 0 Å². The Labute approximate surface area is 113 Å². The summed E-state index contributed by atoms with van der Waals surface area (Å²) in [6.45, 7) is -0.115. The summed E-state index contributed by atoms with van der Waals surface area (Å²) in [5, 5.41) is 2.59. The number of anilines is 1. The number of halogens is 4. The van der Waals surface area contributed by atoms with Gasteiger partial charge in [0.1, 0.15) is 5.82 Å². The Kier molecular flexibility index (Phi) is 3.87.